The largest absolute Gasteiger partial charge is 0.463 e. The van der Waals surface area contributed by atoms with E-state index in [1.54, 1.807) is 58.0 Å². The van der Waals surface area contributed by atoms with Crippen LogP contribution in [0.4, 0.5) is 0 Å². The summed E-state index contributed by atoms with van der Waals surface area (Å²) < 4.78 is 37.6. The SMILES string of the molecule is Cc1cn([C@H]2O[C@@H](CO[P@](=O)(C[C@@H](C)C(=O)OC(C)C)Oc3ccccc3)C(O)[C@H]2Cl)c(=O)[nH]c1=S. The Morgan fingerprint density at radius 3 is 2.61 bits per heavy atom. The van der Waals surface area contributed by atoms with Crippen LogP contribution >= 0.6 is 31.4 Å². The number of H-pyrrole nitrogens is 1. The van der Waals surface area contributed by atoms with Crippen molar-refractivity contribution in [2.45, 2.75) is 57.6 Å². The van der Waals surface area contributed by atoms with E-state index in [0.717, 1.165) is 0 Å². The van der Waals surface area contributed by atoms with Crippen molar-refractivity contribution in [2.24, 2.45) is 5.92 Å². The minimum atomic E-state index is -3.93. The van der Waals surface area contributed by atoms with Crippen LogP contribution in [0.1, 0.15) is 32.6 Å². The Hall–Kier alpha value is -2.01. The summed E-state index contributed by atoms with van der Waals surface area (Å²) in [7, 11) is -3.93. The monoisotopic (exact) mass is 560 g/mol. The molecule has 0 bridgehead atoms. The van der Waals surface area contributed by atoms with Crippen molar-refractivity contribution in [3.8, 4) is 5.75 Å². The number of aliphatic hydroxyl groups excluding tert-OH is 1. The molecule has 36 heavy (non-hydrogen) atoms. The molecule has 0 amide bonds. The van der Waals surface area contributed by atoms with Gasteiger partial charge in [-0.25, -0.2) is 9.36 Å². The molecule has 0 aliphatic carbocycles. The van der Waals surface area contributed by atoms with E-state index in [-0.39, 0.29) is 29.3 Å². The molecule has 1 aromatic heterocycles. The third-order valence-electron chi connectivity index (χ3n) is 5.39. The minimum absolute atomic E-state index is 0.266. The lowest BCUT2D eigenvalue weighted by atomic mass is 10.2. The number of benzene rings is 1. The first-order valence-corrected chi connectivity index (χ1v) is 14.0. The molecule has 1 unspecified atom stereocenters. The Balaban J connectivity index is 1.77. The van der Waals surface area contributed by atoms with Crippen LogP contribution in [0.15, 0.2) is 41.3 Å². The number of nitrogens with one attached hydrogen (secondary N) is 1. The second-order valence-electron chi connectivity index (χ2n) is 8.86. The molecule has 2 aromatic rings. The first kappa shape index (κ1) is 28.6. The standard InChI is InChI=1S/C23H30ClN2O8PS/c1-13(2)32-22(28)15(4)12-35(30,34-16-8-6-5-7-9-16)31-11-17-19(27)18(24)21(33-17)26-10-14(3)20(36)25-23(26)29/h5-10,13,15,17-19,21,27H,11-12H2,1-4H3,(H,25,29,36)/t15-,17+,18-,19?,21+,35-/m1/s1. The number of halogens is 1. The van der Waals surface area contributed by atoms with Crippen molar-refractivity contribution in [1.29, 1.82) is 0 Å². The number of aromatic nitrogens is 2. The van der Waals surface area contributed by atoms with Crippen molar-refractivity contribution in [2.75, 3.05) is 12.8 Å². The van der Waals surface area contributed by atoms with Crippen LogP contribution in [0.25, 0.3) is 0 Å². The number of carbonyl (C=O) groups is 1. The van der Waals surface area contributed by atoms with E-state index < -0.39 is 49.0 Å². The van der Waals surface area contributed by atoms with Gasteiger partial charge in [0.25, 0.3) is 0 Å². The van der Waals surface area contributed by atoms with Gasteiger partial charge in [-0.05, 0) is 32.9 Å². The predicted octanol–water partition coefficient (Wildman–Crippen LogP) is 3.96. The number of alkyl halides is 1. The highest BCUT2D eigenvalue weighted by molar-refractivity contribution is 7.71. The van der Waals surface area contributed by atoms with Gasteiger partial charge < -0.3 is 19.1 Å². The third kappa shape index (κ3) is 7.06. The number of para-hydroxylation sites is 1. The summed E-state index contributed by atoms with van der Waals surface area (Å²) in [6.45, 7) is 6.34. The van der Waals surface area contributed by atoms with Crippen LogP contribution in [-0.4, -0.2) is 57.1 Å². The molecular formula is C23H30ClN2O8PS. The van der Waals surface area contributed by atoms with Gasteiger partial charge in [0.1, 0.15) is 28.0 Å². The number of nitrogens with zero attached hydrogens (tertiary/aromatic N) is 1. The van der Waals surface area contributed by atoms with Crippen molar-refractivity contribution in [1.82, 2.24) is 9.55 Å². The van der Waals surface area contributed by atoms with E-state index in [4.69, 9.17) is 42.3 Å². The zero-order chi connectivity index (χ0) is 26.6. The fourth-order valence-corrected chi connectivity index (χ4v) is 5.90. The van der Waals surface area contributed by atoms with Gasteiger partial charge in [-0.3, -0.25) is 18.9 Å². The third-order valence-corrected chi connectivity index (χ3v) is 8.31. The van der Waals surface area contributed by atoms with Crippen LogP contribution in [-0.2, 0) is 23.4 Å². The summed E-state index contributed by atoms with van der Waals surface area (Å²) in [6.07, 6.45) is -2.42. The Bertz CT molecular complexity index is 1220. The van der Waals surface area contributed by atoms with Crippen molar-refractivity contribution >= 4 is 37.4 Å². The van der Waals surface area contributed by atoms with Gasteiger partial charge in [0.2, 0.25) is 0 Å². The number of aliphatic hydroxyl groups is 1. The summed E-state index contributed by atoms with van der Waals surface area (Å²) in [4.78, 5) is 27.3. The lowest BCUT2D eigenvalue weighted by Gasteiger charge is -2.24. The zero-order valence-corrected chi connectivity index (χ0v) is 22.8. The van der Waals surface area contributed by atoms with Crippen molar-refractivity contribution in [3.05, 3.63) is 57.2 Å². The van der Waals surface area contributed by atoms with Crippen molar-refractivity contribution in [3.63, 3.8) is 0 Å². The second kappa shape index (κ2) is 12.0. The lowest BCUT2D eigenvalue weighted by Crippen LogP contribution is -2.33. The number of ether oxygens (including phenoxy) is 2. The Labute approximate surface area is 219 Å². The fourth-order valence-electron chi connectivity index (χ4n) is 3.54. The molecule has 6 atom stereocenters. The molecule has 1 fully saturated rings. The van der Waals surface area contributed by atoms with Gasteiger partial charge in [0, 0.05) is 11.8 Å². The van der Waals surface area contributed by atoms with Gasteiger partial charge >= 0.3 is 19.3 Å². The highest BCUT2D eigenvalue weighted by atomic mass is 35.5. The molecule has 1 saturated heterocycles. The van der Waals surface area contributed by atoms with E-state index in [9.17, 15) is 19.3 Å². The van der Waals surface area contributed by atoms with Crippen LogP contribution in [0, 0.1) is 17.5 Å². The summed E-state index contributed by atoms with van der Waals surface area (Å²) in [5.74, 6) is -1.05. The fraction of sp³-hybridized carbons (Fsp3) is 0.522. The van der Waals surface area contributed by atoms with Gasteiger partial charge in [0.05, 0.1) is 24.8 Å². The summed E-state index contributed by atoms with van der Waals surface area (Å²) in [5, 5.41) is 9.67. The smallest absolute Gasteiger partial charge is 0.380 e. The number of aryl methyl sites for hydroxylation is 1. The Kier molecular flexibility index (Phi) is 9.54. The number of rotatable bonds is 10. The van der Waals surface area contributed by atoms with Gasteiger partial charge in [-0.2, -0.15) is 0 Å². The minimum Gasteiger partial charge on any atom is -0.463 e. The molecule has 0 radical (unpaired) electrons. The average Bonchev–Trinajstić information content (AvgIpc) is 3.08. The molecule has 1 aliphatic heterocycles. The highest BCUT2D eigenvalue weighted by Gasteiger charge is 2.45. The average molecular weight is 561 g/mol. The molecule has 10 nitrogen and oxygen atoms in total. The first-order valence-electron chi connectivity index (χ1n) is 11.4. The lowest BCUT2D eigenvalue weighted by molar-refractivity contribution is -0.151. The molecule has 13 heteroatoms. The second-order valence-corrected chi connectivity index (χ2v) is 11.8. The molecule has 198 valence electrons. The molecule has 0 spiro atoms. The maximum atomic E-state index is 13.7. The molecule has 1 aliphatic rings. The number of hydrogen-bond acceptors (Lipinski definition) is 9. The van der Waals surface area contributed by atoms with Gasteiger partial charge in [-0.1, -0.05) is 37.3 Å². The number of hydrogen-bond donors (Lipinski definition) is 2. The topological polar surface area (TPSA) is 129 Å². The molecule has 2 N–H and O–H groups in total. The maximum Gasteiger partial charge on any atom is 0.380 e. The Morgan fingerprint density at radius 2 is 1.97 bits per heavy atom. The zero-order valence-electron chi connectivity index (χ0n) is 20.3. The Morgan fingerprint density at radius 1 is 1.31 bits per heavy atom. The maximum absolute atomic E-state index is 13.7. The molecular weight excluding hydrogens is 531 g/mol. The summed E-state index contributed by atoms with van der Waals surface area (Å²) in [5.41, 5.74) is 0.0693. The van der Waals surface area contributed by atoms with Crippen LogP contribution in [0.2, 0.25) is 0 Å². The van der Waals surface area contributed by atoms with Crippen LogP contribution in [0.5, 0.6) is 5.75 Å². The van der Waals surface area contributed by atoms with Crippen LogP contribution in [0.3, 0.4) is 0 Å². The summed E-state index contributed by atoms with van der Waals surface area (Å²) in [6, 6.07) is 8.38. The molecule has 1 aromatic carbocycles. The van der Waals surface area contributed by atoms with Crippen molar-refractivity contribution < 1.29 is 33.0 Å². The molecule has 2 heterocycles. The van der Waals surface area contributed by atoms with Gasteiger partial charge in [0.15, 0.2) is 6.23 Å². The number of aromatic amines is 1. The molecule has 3 rings (SSSR count). The number of carbonyl (C=O) groups excluding carboxylic acids is 1. The normalized spacial score (nSPS) is 24.3. The number of esters is 1. The molecule has 0 saturated carbocycles. The first-order chi connectivity index (χ1) is 16.9. The van der Waals surface area contributed by atoms with E-state index in [1.807, 2.05) is 0 Å². The van der Waals surface area contributed by atoms with Crippen LogP contribution < -0.4 is 10.2 Å². The highest BCUT2D eigenvalue weighted by Crippen LogP contribution is 2.50. The van der Waals surface area contributed by atoms with E-state index in [2.05, 4.69) is 4.98 Å². The quantitative estimate of drug-likeness (QED) is 0.192. The summed E-state index contributed by atoms with van der Waals surface area (Å²) >= 11 is 11.5. The van der Waals surface area contributed by atoms with E-state index in [1.165, 1.54) is 10.8 Å². The van der Waals surface area contributed by atoms with E-state index in [0.29, 0.717) is 5.56 Å². The van der Waals surface area contributed by atoms with Gasteiger partial charge in [-0.15, -0.1) is 11.6 Å². The van der Waals surface area contributed by atoms with E-state index >= 15 is 0 Å². The predicted molar refractivity (Wildman–Crippen MR) is 136 cm³/mol.